The first kappa shape index (κ1) is 17.5. The summed E-state index contributed by atoms with van der Waals surface area (Å²) in [7, 11) is 0. The SMILES string of the molecule is Cc1ccoc1C(=O)N1CCOc2c(O)cc(-c3cccc(Cl)c3)cc2C1. The Morgan fingerprint density at radius 1 is 1.19 bits per heavy atom. The maximum absolute atomic E-state index is 12.8. The second-order valence-corrected chi connectivity index (χ2v) is 6.94. The largest absolute Gasteiger partial charge is 0.504 e. The first-order valence-electron chi connectivity index (χ1n) is 8.61. The lowest BCUT2D eigenvalue weighted by molar-refractivity contribution is 0.0700. The monoisotopic (exact) mass is 383 g/mol. The van der Waals surface area contributed by atoms with Gasteiger partial charge in [-0.25, -0.2) is 0 Å². The van der Waals surface area contributed by atoms with Crippen molar-refractivity contribution in [1.82, 2.24) is 4.90 Å². The Morgan fingerprint density at radius 3 is 2.78 bits per heavy atom. The molecule has 1 aliphatic rings. The minimum atomic E-state index is -0.193. The third-order valence-electron chi connectivity index (χ3n) is 4.62. The fraction of sp³-hybridized carbons (Fsp3) is 0.190. The highest BCUT2D eigenvalue weighted by molar-refractivity contribution is 6.30. The molecule has 0 unspecified atom stereocenters. The first-order chi connectivity index (χ1) is 13.0. The van der Waals surface area contributed by atoms with Crippen LogP contribution in [0.15, 0.2) is 53.1 Å². The van der Waals surface area contributed by atoms with Crippen molar-refractivity contribution in [1.29, 1.82) is 0 Å². The zero-order valence-electron chi connectivity index (χ0n) is 14.7. The molecule has 2 aromatic carbocycles. The molecule has 1 N–H and O–H groups in total. The summed E-state index contributed by atoms with van der Waals surface area (Å²) < 4.78 is 11.1. The molecule has 0 saturated heterocycles. The smallest absolute Gasteiger partial charge is 0.290 e. The van der Waals surface area contributed by atoms with Gasteiger partial charge in [-0.3, -0.25) is 4.79 Å². The maximum atomic E-state index is 12.8. The van der Waals surface area contributed by atoms with Gasteiger partial charge in [-0.05, 0) is 48.4 Å². The number of ether oxygens (including phenoxy) is 1. The molecule has 1 aromatic heterocycles. The van der Waals surface area contributed by atoms with Crippen molar-refractivity contribution in [2.75, 3.05) is 13.2 Å². The molecule has 4 rings (SSSR count). The van der Waals surface area contributed by atoms with E-state index in [1.165, 1.54) is 6.26 Å². The summed E-state index contributed by atoms with van der Waals surface area (Å²) >= 11 is 6.09. The van der Waals surface area contributed by atoms with E-state index >= 15 is 0 Å². The Bertz CT molecular complexity index is 1010. The third kappa shape index (κ3) is 3.38. The fourth-order valence-corrected chi connectivity index (χ4v) is 3.43. The first-order valence-corrected chi connectivity index (χ1v) is 8.98. The van der Waals surface area contributed by atoms with E-state index in [0.717, 1.165) is 22.3 Å². The number of hydrogen-bond donors (Lipinski definition) is 1. The van der Waals surface area contributed by atoms with E-state index in [1.807, 2.05) is 31.2 Å². The zero-order valence-corrected chi connectivity index (χ0v) is 15.5. The molecule has 0 aliphatic carbocycles. The van der Waals surface area contributed by atoms with Gasteiger partial charge in [0, 0.05) is 16.1 Å². The Kier molecular flexibility index (Phi) is 4.54. The van der Waals surface area contributed by atoms with Gasteiger partial charge in [0.05, 0.1) is 19.4 Å². The average Bonchev–Trinajstić information content (AvgIpc) is 2.95. The molecular weight excluding hydrogens is 366 g/mol. The molecule has 0 bridgehead atoms. The van der Waals surface area contributed by atoms with Gasteiger partial charge in [0.25, 0.3) is 5.91 Å². The van der Waals surface area contributed by atoms with E-state index in [4.69, 9.17) is 20.8 Å². The summed E-state index contributed by atoms with van der Waals surface area (Å²) in [5.41, 5.74) is 3.21. The minimum absolute atomic E-state index is 0.0472. The number of halogens is 1. The van der Waals surface area contributed by atoms with Gasteiger partial charge in [-0.2, -0.15) is 0 Å². The van der Waals surface area contributed by atoms with E-state index in [2.05, 4.69) is 0 Å². The van der Waals surface area contributed by atoms with Crippen LogP contribution in [0.3, 0.4) is 0 Å². The Balaban J connectivity index is 1.71. The van der Waals surface area contributed by atoms with Gasteiger partial charge in [-0.15, -0.1) is 0 Å². The molecule has 5 nitrogen and oxygen atoms in total. The van der Waals surface area contributed by atoms with Crippen LogP contribution in [0.4, 0.5) is 0 Å². The number of aromatic hydroxyl groups is 1. The molecule has 0 fully saturated rings. The van der Waals surface area contributed by atoms with Crippen molar-refractivity contribution < 1.29 is 19.1 Å². The van der Waals surface area contributed by atoms with Gasteiger partial charge in [-0.1, -0.05) is 23.7 Å². The van der Waals surface area contributed by atoms with Gasteiger partial charge in [0.2, 0.25) is 0 Å². The highest BCUT2D eigenvalue weighted by atomic mass is 35.5. The van der Waals surface area contributed by atoms with Crippen LogP contribution in [-0.2, 0) is 6.54 Å². The number of carbonyl (C=O) groups excluding carboxylic acids is 1. The van der Waals surface area contributed by atoms with Gasteiger partial charge in [0.1, 0.15) is 6.61 Å². The number of carbonyl (C=O) groups is 1. The van der Waals surface area contributed by atoms with Crippen LogP contribution in [0.1, 0.15) is 21.7 Å². The van der Waals surface area contributed by atoms with Crippen molar-refractivity contribution in [3.05, 3.63) is 70.6 Å². The summed E-state index contributed by atoms with van der Waals surface area (Å²) in [5, 5.41) is 11.1. The van der Waals surface area contributed by atoms with Crippen molar-refractivity contribution in [3.63, 3.8) is 0 Å². The number of rotatable bonds is 2. The minimum Gasteiger partial charge on any atom is -0.504 e. The molecule has 0 radical (unpaired) electrons. The molecule has 2 heterocycles. The number of fused-ring (bicyclic) bond motifs is 1. The normalized spacial score (nSPS) is 13.6. The van der Waals surface area contributed by atoms with Crippen LogP contribution >= 0.6 is 11.6 Å². The number of amides is 1. The lowest BCUT2D eigenvalue weighted by Gasteiger charge is -2.19. The van der Waals surface area contributed by atoms with E-state index in [0.29, 0.717) is 36.2 Å². The van der Waals surface area contributed by atoms with E-state index in [-0.39, 0.29) is 11.7 Å². The van der Waals surface area contributed by atoms with Crippen molar-refractivity contribution >= 4 is 17.5 Å². The van der Waals surface area contributed by atoms with Gasteiger partial charge in [0.15, 0.2) is 17.3 Å². The highest BCUT2D eigenvalue weighted by Crippen LogP contribution is 2.38. The molecule has 0 saturated carbocycles. The van der Waals surface area contributed by atoms with Gasteiger partial charge < -0.3 is 19.2 Å². The molecular formula is C21H18ClNO4. The summed E-state index contributed by atoms with van der Waals surface area (Å²) in [5.74, 6) is 0.591. The number of benzene rings is 2. The summed E-state index contributed by atoms with van der Waals surface area (Å²) in [4.78, 5) is 14.5. The lowest BCUT2D eigenvalue weighted by atomic mass is 10.0. The summed E-state index contributed by atoms with van der Waals surface area (Å²) in [6.45, 7) is 2.85. The number of phenols is 1. The summed E-state index contributed by atoms with van der Waals surface area (Å²) in [6.07, 6.45) is 1.51. The zero-order chi connectivity index (χ0) is 19.0. The number of nitrogens with zero attached hydrogens (tertiary/aromatic N) is 1. The van der Waals surface area contributed by atoms with Gasteiger partial charge >= 0.3 is 0 Å². The Morgan fingerprint density at radius 2 is 2.04 bits per heavy atom. The molecule has 6 heteroatoms. The van der Waals surface area contributed by atoms with E-state index in [1.54, 1.807) is 23.1 Å². The fourth-order valence-electron chi connectivity index (χ4n) is 3.24. The Labute approximate surface area is 161 Å². The second kappa shape index (κ2) is 7.00. The van der Waals surface area contributed by atoms with Crippen molar-refractivity contribution in [3.8, 4) is 22.6 Å². The topological polar surface area (TPSA) is 62.9 Å². The average molecular weight is 384 g/mol. The number of hydrogen-bond acceptors (Lipinski definition) is 4. The number of phenolic OH excluding ortho intramolecular Hbond substituents is 1. The quantitative estimate of drug-likeness (QED) is 0.699. The second-order valence-electron chi connectivity index (χ2n) is 6.50. The van der Waals surface area contributed by atoms with Crippen LogP contribution in [0.25, 0.3) is 11.1 Å². The molecule has 27 heavy (non-hydrogen) atoms. The number of furan rings is 1. The predicted octanol–water partition coefficient (Wildman–Crippen LogP) is 4.65. The predicted molar refractivity (Wildman–Crippen MR) is 102 cm³/mol. The molecule has 1 amide bonds. The van der Waals surface area contributed by atoms with E-state index in [9.17, 15) is 9.90 Å². The molecule has 3 aromatic rings. The molecule has 0 atom stereocenters. The standard InChI is InChI=1S/C21H18ClNO4/c1-13-5-7-26-19(13)21(25)23-6-8-27-20-16(12-23)9-15(11-18(20)24)14-3-2-4-17(22)10-14/h2-5,7,9-11,24H,6,8,12H2,1H3. The molecule has 0 spiro atoms. The molecule has 138 valence electrons. The molecule has 1 aliphatic heterocycles. The van der Waals surface area contributed by atoms with Crippen LogP contribution in [0.5, 0.6) is 11.5 Å². The van der Waals surface area contributed by atoms with Crippen LogP contribution < -0.4 is 4.74 Å². The van der Waals surface area contributed by atoms with Crippen LogP contribution in [0.2, 0.25) is 5.02 Å². The summed E-state index contributed by atoms with van der Waals surface area (Å²) in [6, 6.07) is 12.7. The lowest BCUT2D eigenvalue weighted by Crippen LogP contribution is -2.32. The van der Waals surface area contributed by atoms with Crippen LogP contribution in [-0.4, -0.2) is 29.1 Å². The highest BCUT2D eigenvalue weighted by Gasteiger charge is 2.26. The Hall–Kier alpha value is -2.92. The number of aryl methyl sites for hydroxylation is 1. The third-order valence-corrected chi connectivity index (χ3v) is 4.85. The van der Waals surface area contributed by atoms with E-state index < -0.39 is 0 Å². The van der Waals surface area contributed by atoms with Crippen molar-refractivity contribution in [2.24, 2.45) is 0 Å². The van der Waals surface area contributed by atoms with Crippen molar-refractivity contribution in [2.45, 2.75) is 13.5 Å². The maximum Gasteiger partial charge on any atom is 0.290 e. The van der Waals surface area contributed by atoms with Crippen LogP contribution in [0, 0.1) is 6.92 Å².